The number of hydrogen-bond acceptors (Lipinski definition) is 6. The summed E-state index contributed by atoms with van der Waals surface area (Å²) in [4.78, 5) is 14.6. The summed E-state index contributed by atoms with van der Waals surface area (Å²) in [5.74, 6) is -0.959. The van der Waals surface area contributed by atoms with Crippen molar-refractivity contribution in [1.29, 1.82) is 0 Å². The smallest absolute Gasteiger partial charge is 0.443 e. The van der Waals surface area contributed by atoms with Gasteiger partial charge < -0.3 is 4.74 Å². The van der Waals surface area contributed by atoms with Gasteiger partial charge in [-0.15, -0.1) is 15.7 Å². The Morgan fingerprint density at radius 2 is 2.05 bits per heavy atom. The van der Waals surface area contributed by atoms with Gasteiger partial charge >= 0.3 is 22.4 Å². The average Bonchev–Trinajstić information content (AvgIpc) is 2.90. The number of hydrogen-bond donors (Lipinski definition) is 0. The number of aromatic nitrogens is 1. The fraction of sp³-hybridized carbons (Fsp3) is 0.300. The first-order valence-electron chi connectivity index (χ1n) is 5.48. The number of carbonyl (C=O) groups is 1. The van der Waals surface area contributed by atoms with E-state index in [1.165, 1.54) is 0 Å². The van der Waals surface area contributed by atoms with Gasteiger partial charge in [-0.1, -0.05) is 0 Å². The lowest BCUT2D eigenvalue weighted by atomic mass is 10.2. The number of likely N-dealkylation sites (N-methyl/N-ethyl adjacent to an activating group) is 1. The number of nitrogens with zero attached hydrogens (tertiary/aromatic N) is 3. The molecule has 22 heavy (non-hydrogen) atoms. The van der Waals surface area contributed by atoms with Gasteiger partial charge in [-0.2, -0.15) is 21.6 Å². The third-order valence-corrected chi connectivity index (χ3v) is 4.95. The van der Waals surface area contributed by atoms with Crippen LogP contribution in [0.15, 0.2) is 22.4 Å². The van der Waals surface area contributed by atoms with E-state index in [0.29, 0.717) is 4.31 Å². The summed E-state index contributed by atoms with van der Waals surface area (Å²) in [6.07, 6.45) is -2.78. The van der Waals surface area contributed by atoms with Crippen molar-refractivity contribution in [3.8, 4) is 0 Å². The molecule has 1 aromatic heterocycles. The minimum atomic E-state index is -4.65. The number of allylic oxidation sites excluding steroid dienone is 1. The van der Waals surface area contributed by atoms with E-state index < -0.39 is 27.4 Å². The topological polar surface area (TPSA) is 88.9 Å². The SMILES string of the molecule is COC(=O)C1=CC(c2cnc(C(F)(F)F)s2)=NS(=O)(=O)N1C. The monoisotopic (exact) mass is 355 g/mol. The minimum Gasteiger partial charge on any atom is -0.464 e. The van der Waals surface area contributed by atoms with Crippen molar-refractivity contribution < 1.29 is 31.1 Å². The molecule has 1 aromatic rings. The molecular weight excluding hydrogens is 347 g/mol. The van der Waals surface area contributed by atoms with Gasteiger partial charge in [0.2, 0.25) is 0 Å². The Balaban J connectivity index is 2.52. The van der Waals surface area contributed by atoms with Gasteiger partial charge in [0.25, 0.3) is 0 Å². The van der Waals surface area contributed by atoms with E-state index >= 15 is 0 Å². The van der Waals surface area contributed by atoms with Crippen LogP contribution in [-0.2, 0) is 25.9 Å². The Morgan fingerprint density at radius 3 is 2.55 bits per heavy atom. The first-order chi connectivity index (χ1) is 10.1. The van der Waals surface area contributed by atoms with E-state index in [0.717, 1.165) is 26.4 Å². The number of thiazole rings is 1. The molecule has 2 heterocycles. The van der Waals surface area contributed by atoms with Gasteiger partial charge in [-0.3, -0.25) is 0 Å². The Morgan fingerprint density at radius 1 is 1.41 bits per heavy atom. The molecule has 120 valence electrons. The average molecular weight is 355 g/mol. The van der Waals surface area contributed by atoms with Crippen molar-refractivity contribution >= 4 is 33.2 Å². The van der Waals surface area contributed by atoms with Crippen LogP contribution >= 0.6 is 11.3 Å². The van der Waals surface area contributed by atoms with Gasteiger partial charge in [-0.25, -0.2) is 14.1 Å². The highest BCUT2D eigenvalue weighted by molar-refractivity contribution is 7.88. The van der Waals surface area contributed by atoms with Gasteiger partial charge in [0.15, 0.2) is 5.01 Å². The molecule has 0 aromatic carbocycles. The summed E-state index contributed by atoms with van der Waals surface area (Å²) in [7, 11) is -2.12. The Hall–Kier alpha value is -1.95. The van der Waals surface area contributed by atoms with Crippen LogP contribution < -0.4 is 0 Å². The molecular formula is C10H8F3N3O4S2. The number of alkyl halides is 3. The molecule has 1 aliphatic heterocycles. The lowest BCUT2D eigenvalue weighted by Crippen LogP contribution is -2.33. The number of methoxy groups -OCH3 is 1. The molecule has 0 fully saturated rings. The van der Waals surface area contributed by atoms with Crippen molar-refractivity contribution in [2.75, 3.05) is 14.2 Å². The van der Waals surface area contributed by atoms with Crippen LogP contribution in [0.5, 0.6) is 0 Å². The molecule has 0 N–H and O–H groups in total. The maximum atomic E-state index is 12.5. The summed E-state index contributed by atoms with van der Waals surface area (Å²) >= 11 is 0.223. The summed E-state index contributed by atoms with van der Waals surface area (Å²) < 4.78 is 69.7. The van der Waals surface area contributed by atoms with Crippen LogP contribution in [0.25, 0.3) is 0 Å². The zero-order valence-corrected chi connectivity index (χ0v) is 12.7. The molecule has 0 aliphatic carbocycles. The van der Waals surface area contributed by atoms with Gasteiger partial charge in [0.05, 0.1) is 17.7 Å². The second kappa shape index (κ2) is 5.35. The minimum absolute atomic E-state index is 0.134. The molecule has 0 atom stereocenters. The van der Waals surface area contributed by atoms with E-state index in [1.807, 2.05) is 0 Å². The van der Waals surface area contributed by atoms with Crippen molar-refractivity contribution in [1.82, 2.24) is 9.29 Å². The first-order valence-corrected chi connectivity index (χ1v) is 7.70. The van der Waals surface area contributed by atoms with Crippen LogP contribution in [0.2, 0.25) is 0 Å². The largest absolute Gasteiger partial charge is 0.464 e. The first kappa shape index (κ1) is 16.4. The van der Waals surface area contributed by atoms with Crippen LogP contribution in [-0.4, -0.2) is 43.5 Å². The molecule has 0 saturated heterocycles. The second-order valence-corrected chi connectivity index (χ2v) is 6.63. The predicted octanol–water partition coefficient (Wildman–Crippen LogP) is 1.20. The third kappa shape index (κ3) is 2.97. The predicted molar refractivity (Wildman–Crippen MR) is 70.4 cm³/mol. The quantitative estimate of drug-likeness (QED) is 0.744. The second-order valence-electron chi connectivity index (χ2n) is 3.97. The summed E-state index contributed by atoms with van der Waals surface area (Å²) in [6.45, 7) is 0. The van der Waals surface area contributed by atoms with Crippen LogP contribution in [0.4, 0.5) is 13.2 Å². The van der Waals surface area contributed by atoms with E-state index in [9.17, 15) is 26.4 Å². The summed E-state index contributed by atoms with van der Waals surface area (Å²) in [5.41, 5.74) is -0.680. The number of carbonyl (C=O) groups excluding carboxylic acids is 1. The van der Waals surface area contributed by atoms with Crippen molar-refractivity contribution in [3.63, 3.8) is 0 Å². The van der Waals surface area contributed by atoms with Crippen molar-refractivity contribution in [2.24, 2.45) is 4.40 Å². The van der Waals surface area contributed by atoms with Crippen molar-refractivity contribution in [3.05, 3.63) is 27.9 Å². The Kier molecular flexibility index (Phi) is 4.00. The molecule has 0 bridgehead atoms. The lowest BCUT2D eigenvalue weighted by Gasteiger charge is -2.21. The number of rotatable bonds is 2. The Bertz CT molecular complexity index is 780. The van der Waals surface area contributed by atoms with Crippen LogP contribution in [0.3, 0.4) is 0 Å². The van der Waals surface area contributed by atoms with E-state index in [1.54, 1.807) is 0 Å². The molecule has 0 radical (unpaired) electrons. The maximum absolute atomic E-state index is 12.5. The molecule has 0 spiro atoms. The molecule has 0 saturated carbocycles. The number of halogens is 3. The molecule has 0 unspecified atom stereocenters. The fourth-order valence-electron chi connectivity index (χ4n) is 1.49. The van der Waals surface area contributed by atoms with E-state index in [2.05, 4.69) is 14.1 Å². The van der Waals surface area contributed by atoms with E-state index in [4.69, 9.17) is 0 Å². The van der Waals surface area contributed by atoms with Gasteiger partial charge in [-0.05, 0) is 6.08 Å². The van der Waals surface area contributed by atoms with Gasteiger partial charge in [0.1, 0.15) is 5.70 Å². The maximum Gasteiger partial charge on any atom is 0.443 e. The normalized spacial score (nSPS) is 17.8. The fourth-order valence-corrected chi connectivity index (χ4v) is 3.19. The molecule has 1 aliphatic rings. The summed E-state index contributed by atoms with van der Waals surface area (Å²) in [5, 5.41) is -1.14. The highest BCUT2D eigenvalue weighted by atomic mass is 32.2. The number of ether oxygens (including phenoxy) is 1. The molecule has 7 nitrogen and oxygen atoms in total. The lowest BCUT2D eigenvalue weighted by molar-refractivity contribution is -0.138. The third-order valence-electron chi connectivity index (χ3n) is 2.57. The highest BCUT2D eigenvalue weighted by Crippen LogP contribution is 2.33. The number of esters is 1. The zero-order valence-electron chi connectivity index (χ0n) is 11.1. The Labute approximate surface area is 126 Å². The van der Waals surface area contributed by atoms with Crippen LogP contribution in [0, 0.1) is 0 Å². The highest BCUT2D eigenvalue weighted by Gasteiger charge is 2.36. The zero-order chi connectivity index (χ0) is 16.7. The summed E-state index contributed by atoms with van der Waals surface area (Å²) in [6, 6.07) is 0. The van der Waals surface area contributed by atoms with E-state index in [-0.39, 0.29) is 27.6 Å². The van der Waals surface area contributed by atoms with Gasteiger partial charge in [0, 0.05) is 13.2 Å². The molecule has 2 rings (SSSR count). The molecule has 0 amide bonds. The van der Waals surface area contributed by atoms with Crippen molar-refractivity contribution in [2.45, 2.75) is 6.18 Å². The molecule has 12 heteroatoms. The standard InChI is InChI=1S/C10H8F3N3O4S2/c1-16-6(8(17)20-2)3-5(15-22(16,18)19)7-4-14-9(21-7)10(11,12)13/h3-4H,1-2H3. The van der Waals surface area contributed by atoms with Crippen LogP contribution in [0.1, 0.15) is 9.88 Å².